The van der Waals surface area contributed by atoms with Gasteiger partial charge in [0.25, 0.3) is 0 Å². The number of rotatable bonds is 8. The van der Waals surface area contributed by atoms with E-state index in [0.717, 1.165) is 23.2 Å². The maximum Gasteiger partial charge on any atom is 0.120 e. The molecule has 0 spiro atoms. The minimum atomic E-state index is -0.519. The molecule has 3 nitrogen and oxygen atoms in total. The molecule has 0 aliphatic carbocycles. The van der Waals surface area contributed by atoms with Crippen molar-refractivity contribution in [1.82, 2.24) is 5.32 Å². The molecule has 1 heterocycles. The van der Waals surface area contributed by atoms with Crippen LogP contribution in [0, 0.1) is 0 Å². The number of hydrogen-bond acceptors (Lipinski definition) is 4. The number of aliphatic hydroxyl groups excluding tert-OH is 1. The van der Waals surface area contributed by atoms with Crippen LogP contribution in [-0.2, 0) is 13.0 Å². The van der Waals surface area contributed by atoms with Crippen molar-refractivity contribution < 1.29 is 9.84 Å². The molecule has 2 N–H and O–H groups in total. The summed E-state index contributed by atoms with van der Waals surface area (Å²) < 4.78 is 6.53. The van der Waals surface area contributed by atoms with Crippen LogP contribution in [-0.4, -0.2) is 24.4 Å². The number of hydrogen-bond donors (Lipinski definition) is 2. The van der Waals surface area contributed by atoms with E-state index in [1.165, 1.54) is 10.4 Å². The number of benzene rings is 1. The summed E-state index contributed by atoms with van der Waals surface area (Å²) in [5.41, 5.74) is 1.38. The quantitative estimate of drug-likeness (QED) is 0.746. The molecule has 0 radical (unpaired) electrons. The van der Waals surface area contributed by atoms with E-state index in [1.807, 2.05) is 24.3 Å². The molecule has 0 amide bonds. The molecule has 114 valence electrons. The summed E-state index contributed by atoms with van der Waals surface area (Å²) in [4.78, 5) is 1.35. The lowest BCUT2D eigenvalue weighted by Crippen LogP contribution is -2.31. The molecule has 2 aromatic rings. The summed E-state index contributed by atoms with van der Waals surface area (Å²) in [5.74, 6) is 0.759. The highest BCUT2D eigenvalue weighted by Gasteiger charge is 2.07. The molecule has 1 aromatic carbocycles. The van der Waals surface area contributed by atoms with Crippen LogP contribution in [0.2, 0.25) is 0 Å². The van der Waals surface area contributed by atoms with E-state index in [9.17, 15) is 5.11 Å². The Morgan fingerprint density at radius 1 is 1.38 bits per heavy atom. The average Bonchev–Trinajstić information content (AvgIpc) is 2.93. The zero-order valence-electron chi connectivity index (χ0n) is 12.0. The summed E-state index contributed by atoms with van der Waals surface area (Å²) in [6, 6.07) is 9.78. The lowest BCUT2D eigenvalue weighted by molar-refractivity contribution is 0.106. The molecule has 0 fully saturated rings. The number of aryl methyl sites for hydroxylation is 1. The Kier molecular flexibility index (Phi) is 6.70. The van der Waals surface area contributed by atoms with E-state index in [1.54, 1.807) is 11.3 Å². The molecule has 0 aliphatic rings. The first-order valence-corrected chi connectivity index (χ1v) is 8.68. The minimum absolute atomic E-state index is 0.286. The summed E-state index contributed by atoms with van der Waals surface area (Å²) in [5, 5.41) is 15.3. The molecule has 5 heteroatoms. The van der Waals surface area contributed by atoms with Crippen LogP contribution in [0.15, 0.2) is 40.2 Å². The van der Waals surface area contributed by atoms with Gasteiger partial charge in [-0.3, -0.25) is 0 Å². The molecule has 1 atom stereocenters. The number of aliphatic hydroxyl groups is 1. The third kappa shape index (κ3) is 5.43. The second-order valence-corrected chi connectivity index (χ2v) is 6.69. The van der Waals surface area contributed by atoms with Crippen molar-refractivity contribution in [3.05, 3.63) is 50.6 Å². The van der Waals surface area contributed by atoms with Crippen LogP contribution in [0.3, 0.4) is 0 Å². The third-order valence-corrected chi connectivity index (χ3v) is 4.58. The molecular weight excluding hydrogens is 350 g/mol. The van der Waals surface area contributed by atoms with Crippen LogP contribution in [0.1, 0.15) is 17.4 Å². The number of halogens is 1. The van der Waals surface area contributed by atoms with Crippen molar-refractivity contribution in [2.75, 3.05) is 13.2 Å². The van der Waals surface area contributed by atoms with Crippen LogP contribution in [0.25, 0.3) is 0 Å². The van der Waals surface area contributed by atoms with Crippen LogP contribution in [0.4, 0.5) is 0 Å². The highest BCUT2D eigenvalue weighted by atomic mass is 79.9. The zero-order chi connectivity index (χ0) is 15.1. The van der Waals surface area contributed by atoms with Crippen LogP contribution in [0.5, 0.6) is 5.75 Å². The molecule has 0 saturated carbocycles. The molecule has 0 saturated heterocycles. The topological polar surface area (TPSA) is 41.5 Å². The van der Waals surface area contributed by atoms with Gasteiger partial charge in [0, 0.05) is 22.4 Å². The number of ether oxygens (including phenoxy) is 1. The fraction of sp³-hybridized carbons (Fsp3) is 0.375. The highest BCUT2D eigenvalue weighted by Crippen LogP contribution is 2.18. The molecule has 0 bridgehead atoms. The number of thiophene rings is 1. The monoisotopic (exact) mass is 369 g/mol. The summed E-state index contributed by atoms with van der Waals surface area (Å²) in [6.07, 6.45) is 0.531. The fourth-order valence-corrected chi connectivity index (χ4v) is 3.32. The van der Waals surface area contributed by atoms with Gasteiger partial charge >= 0.3 is 0 Å². The predicted molar refractivity (Wildman–Crippen MR) is 91.0 cm³/mol. The predicted octanol–water partition coefficient (Wildman–Crippen LogP) is 3.60. The summed E-state index contributed by atoms with van der Waals surface area (Å²) in [6.45, 7) is 3.77. The van der Waals surface area contributed by atoms with Gasteiger partial charge in [0.2, 0.25) is 0 Å². The highest BCUT2D eigenvalue weighted by molar-refractivity contribution is 9.10. The fourth-order valence-electron chi connectivity index (χ4n) is 2.00. The smallest absolute Gasteiger partial charge is 0.120 e. The SMILES string of the molecule is CCc1ccsc1CNCC(O)COc1cccc(Br)c1. The van der Waals surface area contributed by atoms with Crippen LogP contribution >= 0.6 is 27.3 Å². The van der Waals surface area contributed by atoms with Gasteiger partial charge in [-0.15, -0.1) is 11.3 Å². The molecular formula is C16H20BrNO2S. The largest absolute Gasteiger partial charge is 0.491 e. The van der Waals surface area contributed by atoms with Gasteiger partial charge in [-0.2, -0.15) is 0 Å². The normalized spacial score (nSPS) is 12.3. The first kappa shape index (κ1) is 16.5. The molecule has 1 unspecified atom stereocenters. The van der Waals surface area contributed by atoms with E-state index in [2.05, 4.69) is 39.6 Å². The van der Waals surface area contributed by atoms with Gasteiger partial charge in [-0.1, -0.05) is 28.9 Å². The van der Waals surface area contributed by atoms with Gasteiger partial charge < -0.3 is 15.2 Å². The Labute approximate surface area is 138 Å². The standard InChI is InChI=1S/C16H20BrNO2S/c1-2-12-6-7-21-16(12)10-18-9-14(19)11-20-15-5-3-4-13(17)8-15/h3-8,14,18-19H,2,9-11H2,1H3. The Morgan fingerprint density at radius 2 is 2.24 bits per heavy atom. The third-order valence-electron chi connectivity index (χ3n) is 3.12. The lowest BCUT2D eigenvalue weighted by Gasteiger charge is -2.13. The second-order valence-electron chi connectivity index (χ2n) is 4.78. The lowest BCUT2D eigenvalue weighted by atomic mass is 10.2. The first-order chi connectivity index (χ1) is 10.2. The summed E-state index contributed by atoms with van der Waals surface area (Å²) in [7, 11) is 0. The molecule has 1 aromatic heterocycles. The maximum atomic E-state index is 9.94. The van der Waals surface area contributed by atoms with Crippen LogP contribution < -0.4 is 10.1 Å². The molecule has 0 aliphatic heterocycles. The van der Waals surface area contributed by atoms with E-state index in [4.69, 9.17) is 4.74 Å². The number of nitrogens with one attached hydrogen (secondary N) is 1. The molecule has 2 rings (SSSR count). The Hall–Kier alpha value is -0.880. The van der Waals surface area contributed by atoms with Gasteiger partial charge in [0.15, 0.2) is 0 Å². The Morgan fingerprint density at radius 3 is 3.00 bits per heavy atom. The van der Waals surface area contributed by atoms with E-state index in [0.29, 0.717) is 6.54 Å². The zero-order valence-corrected chi connectivity index (χ0v) is 14.4. The second kappa shape index (κ2) is 8.54. The minimum Gasteiger partial charge on any atom is -0.491 e. The average molecular weight is 370 g/mol. The van der Waals surface area contributed by atoms with Crippen molar-refractivity contribution >= 4 is 27.3 Å². The van der Waals surface area contributed by atoms with Crippen molar-refractivity contribution in [2.45, 2.75) is 26.0 Å². The van der Waals surface area contributed by atoms with Crippen molar-refractivity contribution in [2.24, 2.45) is 0 Å². The van der Waals surface area contributed by atoms with Crippen molar-refractivity contribution in [3.8, 4) is 5.75 Å². The van der Waals surface area contributed by atoms with E-state index >= 15 is 0 Å². The van der Waals surface area contributed by atoms with Crippen molar-refractivity contribution in [1.29, 1.82) is 0 Å². The van der Waals surface area contributed by atoms with Gasteiger partial charge in [0.1, 0.15) is 18.5 Å². The maximum absolute atomic E-state index is 9.94. The summed E-state index contributed by atoms with van der Waals surface area (Å²) >= 11 is 5.15. The van der Waals surface area contributed by atoms with Gasteiger partial charge in [-0.25, -0.2) is 0 Å². The van der Waals surface area contributed by atoms with Gasteiger partial charge in [0.05, 0.1) is 0 Å². The molecule has 21 heavy (non-hydrogen) atoms. The Balaban J connectivity index is 1.69. The van der Waals surface area contributed by atoms with Gasteiger partial charge in [-0.05, 0) is 41.6 Å². The Bertz CT molecular complexity index is 559. The van der Waals surface area contributed by atoms with Crippen molar-refractivity contribution in [3.63, 3.8) is 0 Å². The van der Waals surface area contributed by atoms with E-state index in [-0.39, 0.29) is 6.61 Å². The van der Waals surface area contributed by atoms with E-state index < -0.39 is 6.10 Å². The first-order valence-electron chi connectivity index (χ1n) is 7.01.